The standard InChI is InChI=1S/C20H19N3O5S.ClH/c1-23(29(25,26)19-4-2-3-14-12-21-8-7-16(14)19)13-20(24)22-15-5-6-17-18(11-15)28-10-9-27-17;/h2-8,11-12H,9-10,13H2,1H3,(H,22,24);1H. The van der Waals surface area contributed by atoms with Crippen LogP contribution in [0.1, 0.15) is 0 Å². The van der Waals surface area contributed by atoms with Gasteiger partial charge in [0, 0.05) is 42.0 Å². The maximum atomic E-state index is 13.0. The Morgan fingerprint density at radius 1 is 1.13 bits per heavy atom. The van der Waals surface area contributed by atoms with Crippen LogP contribution in [0.2, 0.25) is 0 Å². The van der Waals surface area contributed by atoms with Crippen molar-refractivity contribution in [1.29, 1.82) is 0 Å². The van der Waals surface area contributed by atoms with Crippen molar-refractivity contribution in [3.63, 3.8) is 0 Å². The second kappa shape index (κ2) is 8.86. The van der Waals surface area contributed by atoms with Gasteiger partial charge < -0.3 is 14.8 Å². The Morgan fingerprint density at radius 2 is 1.90 bits per heavy atom. The van der Waals surface area contributed by atoms with E-state index >= 15 is 0 Å². The minimum Gasteiger partial charge on any atom is -0.486 e. The van der Waals surface area contributed by atoms with Gasteiger partial charge in [0.15, 0.2) is 11.5 Å². The summed E-state index contributed by atoms with van der Waals surface area (Å²) in [6.45, 7) is 0.579. The lowest BCUT2D eigenvalue weighted by molar-refractivity contribution is -0.116. The number of aromatic nitrogens is 1. The molecule has 1 aromatic heterocycles. The van der Waals surface area contributed by atoms with Crippen molar-refractivity contribution in [1.82, 2.24) is 9.29 Å². The molecular formula is C20H20ClN3O5S. The maximum absolute atomic E-state index is 13.0. The molecule has 1 aliphatic rings. The zero-order valence-electron chi connectivity index (χ0n) is 16.1. The number of hydrogen-bond acceptors (Lipinski definition) is 6. The van der Waals surface area contributed by atoms with Crippen LogP contribution >= 0.6 is 12.4 Å². The summed E-state index contributed by atoms with van der Waals surface area (Å²) in [5.74, 6) is 0.688. The number of likely N-dealkylation sites (N-methyl/N-ethyl adjacent to an activating group) is 1. The summed E-state index contributed by atoms with van der Waals surface area (Å²) < 4.78 is 38.0. The van der Waals surface area contributed by atoms with Gasteiger partial charge in [0.25, 0.3) is 0 Å². The summed E-state index contributed by atoms with van der Waals surface area (Å²) in [5.41, 5.74) is 0.501. The quantitative estimate of drug-likeness (QED) is 0.643. The molecule has 8 nitrogen and oxygen atoms in total. The van der Waals surface area contributed by atoms with Crippen LogP contribution in [0.15, 0.2) is 59.8 Å². The number of nitrogens with one attached hydrogen (secondary N) is 1. The molecule has 2 heterocycles. The number of carbonyl (C=O) groups excluding carboxylic acids is 1. The Bertz CT molecular complexity index is 1180. The van der Waals surface area contributed by atoms with Crippen molar-refractivity contribution < 1.29 is 22.7 Å². The number of sulfonamides is 1. The van der Waals surface area contributed by atoms with Gasteiger partial charge in [-0.3, -0.25) is 9.78 Å². The molecule has 1 aliphatic heterocycles. The highest BCUT2D eigenvalue weighted by molar-refractivity contribution is 7.89. The highest BCUT2D eigenvalue weighted by atomic mass is 35.5. The minimum absolute atomic E-state index is 0. The summed E-state index contributed by atoms with van der Waals surface area (Å²) in [5, 5.41) is 3.96. The van der Waals surface area contributed by atoms with E-state index in [9.17, 15) is 13.2 Å². The monoisotopic (exact) mass is 449 g/mol. The van der Waals surface area contributed by atoms with E-state index < -0.39 is 15.9 Å². The summed E-state index contributed by atoms with van der Waals surface area (Å²) in [6, 6.07) is 11.6. The van der Waals surface area contributed by atoms with E-state index in [1.165, 1.54) is 19.3 Å². The lowest BCUT2D eigenvalue weighted by Gasteiger charge is -2.20. The Labute approximate surface area is 180 Å². The summed E-state index contributed by atoms with van der Waals surface area (Å²) in [7, 11) is -2.49. The number of carbonyl (C=O) groups is 1. The molecule has 3 aromatic rings. The molecule has 0 saturated carbocycles. The van der Waals surface area contributed by atoms with E-state index in [1.54, 1.807) is 42.6 Å². The first-order chi connectivity index (χ1) is 13.9. The molecule has 1 N–H and O–H groups in total. The highest BCUT2D eigenvalue weighted by Gasteiger charge is 2.25. The van der Waals surface area contributed by atoms with Crippen LogP contribution in [0.3, 0.4) is 0 Å². The fourth-order valence-electron chi connectivity index (χ4n) is 3.09. The molecular weight excluding hydrogens is 430 g/mol. The SMILES string of the molecule is CN(CC(=O)Nc1ccc2c(c1)OCCO2)S(=O)(=O)c1cccc2cnccc12.Cl. The van der Waals surface area contributed by atoms with E-state index in [1.807, 2.05) is 0 Å². The van der Waals surface area contributed by atoms with E-state index in [0.29, 0.717) is 41.2 Å². The minimum atomic E-state index is -3.87. The molecule has 0 spiro atoms. The molecule has 158 valence electrons. The van der Waals surface area contributed by atoms with Crippen molar-refractivity contribution in [3.8, 4) is 11.5 Å². The van der Waals surface area contributed by atoms with Crippen LogP contribution in [-0.2, 0) is 14.8 Å². The molecule has 4 rings (SSSR count). The predicted octanol–water partition coefficient (Wildman–Crippen LogP) is 2.69. The summed E-state index contributed by atoms with van der Waals surface area (Å²) in [6.07, 6.45) is 3.14. The number of halogens is 1. The zero-order valence-corrected chi connectivity index (χ0v) is 17.7. The molecule has 1 amide bonds. The first-order valence-corrected chi connectivity index (χ1v) is 10.4. The van der Waals surface area contributed by atoms with Crippen molar-refractivity contribution >= 4 is 44.8 Å². The number of ether oxygens (including phenoxy) is 2. The van der Waals surface area contributed by atoms with Crippen LogP contribution in [0.4, 0.5) is 5.69 Å². The molecule has 0 saturated heterocycles. The second-order valence-electron chi connectivity index (χ2n) is 6.52. The number of benzene rings is 2. The predicted molar refractivity (Wildman–Crippen MR) is 115 cm³/mol. The molecule has 0 bridgehead atoms. The molecule has 0 radical (unpaired) electrons. The van der Waals surface area contributed by atoms with Gasteiger partial charge in [-0.15, -0.1) is 12.4 Å². The molecule has 10 heteroatoms. The van der Waals surface area contributed by atoms with Gasteiger partial charge in [0.2, 0.25) is 15.9 Å². The first kappa shape index (κ1) is 21.8. The van der Waals surface area contributed by atoms with Gasteiger partial charge in [-0.1, -0.05) is 12.1 Å². The van der Waals surface area contributed by atoms with Crippen molar-refractivity contribution in [3.05, 3.63) is 54.9 Å². The molecule has 0 atom stereocenters. The van der Waals surface area contributed by atoms with Gasteiger partial charge in [0.1, 0.15) is 13.2 Å². The third-order valence-corrected chi connectivity index (χ3v) is 6.38. The number of nitrogens with zero attached hydrogens (tertiary/aromatic N) is 2. The fourth-order valence-corrected chi connectivity index (χ4v) is 4.43. The normalized spacial score (nSPS) is 13.0. The lowest BCUT2D eigenvalue weighted by Crippen LogP contribution is -2.35. The van der Waals surface area contributed by atoms with Crippen LogP contribution in [0.25, 0.3) is 10.8 Å². The number of pyridine rings is 1. The Morgan fingerprint density at radius 3 is 2.70 bits per heavy atom. The van der Waals surface area contributed by atoms with E-state index in [2.05, 4.69) is 10.3 Å². The summed E-state index contributed by atoms with van der Waals surface area (Å²) in [4.78, 5) is 16.6. The van der Waals surface area contributed by atoms with Crippen LogP contribution in [-0.4, -0.2) is 50.4 Å². The average Bonchev–Trinajstić information content (AvgIpc) is 2.73. The van der Waals surface area contributed by atoms with Gasteiger partial charge in [-0.2, -0.15) is 4.31 Å². The van der Waals surface area contributed by atoms with Crippen LogP contribution in [0.5, 0.6) is 11.5 Å². The average molecular weight is 450 g/mol. The van der Waals surface area contributed by atoms with Crippen molar-refractivity contribution in [2.24, 2.45) is 0 Å². The second-order valence-corrected chi connectivity index (χ2v) is 8.53. The lowest BCUT2D eigenvalue weighted by atomic mass is 10.2. The highest BCUT2D eigenvalue weighted by Crippen LogP contribution is 2.32. The largest absolute Gasteiger partial charge is 0.486 e. The van der Waals surface area contributed by atoms with E-state index in [4.69, 9.17) is 9.47 Å². The number of rotatable bonds is 5. The fraction of sp³-hybridized carbons (Fsp3) is 0.200. The van der Waals surface area contributed by atoms with Gasteiger partial charge in [-0.25, -0.2) is 8.42 Å². The third kappa shape index (κ3) is 4.33. The number of fused-ring (bicyclic) bond motifs is 2. The van der Waals surface area contributed by atoms with Gasteiger partial charge >= 0.3 is 0 Å². The Kier molecular flexibility index (Phi) is 6.45. The van der Waals surface area contributed by atoms with Gasteiger partial charge in [-0.05, 0) is 24.3 Å². The van der Waals surface area contributed by atoms with E-state index in [0.717, 1.165) is 4.31 Å². The smallest absolute Gasteiger partial charge is 0.243 e. The molecule has 2 aromatic carbocycles. The van der Waals surface area contributed by atoms with E-state index in [-0.39, 0.29) is 23.8 Å². The van der Waals surface area contributed by atoms with Crippen LogP contribution in [0, 0.1) is 0 Å². The number of amides is 1. The first-order valence-electron chi connectivity index (χ1n) is 8.94. The molecule has 0 aliphatic carbocycles. The Hall–Kier alpha value is -2.88. The molecule has 30 heavy (non-hydrogen) atoms. The van der Waals surface area contributed by atoms with Gasteiger partial charge in [0.05, 0.1) is 11.4 Å². The molecule has 0 fully saturated rings. The number of hydrogen-bond donors (Lipinski definition) is 1. The van der Waals surface area contributed by atoms with Crippen molar-refractivity contribution in [2.45, 2.75) is 4.90 Å². The maximum Gasteiger partial charge on any atom is 0.243 e. The Balaban J connectivity index is 0.00000256. The zero-order chi connectivity index (χ0) is 20.4. The third-order valence-electron chi connectivity index (χ3n) is 4.52. The summed E-state index contributed by atoms with van der Waals surface area (Å²) >= 11 is 0. The molecule has 0 unspecified atom stereocenters. The number of anilines is 1. The van der Waals surface area contributed by atoms with Crippen LogP contribution < -0.4 is 14.8 Å². The van der Waals surface area contributed by atoms with Crippen molar-refractivity contribution in [2.75, 3.05) is 32.1 Å². The topological polar surface area (TPSA) is 97.8 Å².